The molecule has 4 rings (SSSR count). The molecule has 1 aliphatic rings. The third-order valence-electron chi connectivity index (χ3n) is 5.42. The van der Waals surface area contributed by atoms with Crippen LogP contribution in [-0.4, -0.2) is 54.0 Å². The minimum Gasteiger partial charge on any atom is -0.496 e. The summed E-state index contributed by atoms with van der Waals surface area (Å²) in [7, 11) is 1.55. The van der Waals surface area contributed by atoms with E-state index in [0.717, 1.165) is 6.07 Å². The van der Waals surface area contributed by atoms with Crippen LogP contribution in [0.3, 0.4) is 0 Å². The minimum absolute atomic E-state index is 0.0520. The van der Waals surface area contributed by atoms with Crippen LogP contribution in [0.1, 0.15) is 21.8 Å². The summed E-state index contributed by atoms with van der Waals surface area (Å²) >= 11 is 0. The van der Waals surface area contributed by atoms with Gasteiger partial charge in [0, 0.05) is 38.8 Å². The van der Waals surface area contributed by atoms with E-state index in [1.165, 1.54) is 12.1 Å². The lowest BCUT2D eigenvalue weighted by Gasteiger charge is -2.34. The quantitative estimate of drug-likeness (QED) is 0.618. The number of aryl methyl sites for hydroxylation is 1. The van der Waals surface area contributed by atoms with E-state index < -0.39 is 11.6 Å². The molecule has 2 aromatic carbocycles. The standard InChI is InChI=1S/C23H23F2N3O3/c1-15-20(26-22(31-15)17-8-7-16(24)13-19(17)25)14-27-9-11-28(12-10-27)23(29)18-5-3-4-6-21(18)30-2/h3-8,13H,9-12,14H2,1-2H3. The Labute approximate surface area is 179 Å². The number of rotatable bonds is 5. The summed E-state index contributed by atoms with van der Waals surface area (Å²) in [6, 6.07) is 10.5. The fraction of sp³-hybridized carbons (Fsp3) is 0.304. The van der Waals surface area contributed by atoms with Crippen LogP contribution in [0.25, 0.3) is 11.5 Å². The number of carbonyl (C=O) groups excluding carboxylic acids is 1. The Morgan fingerprint density at radius 1 is 1.13 bits per heavy atom. The zero-order valence-corrected chi connectivity index (χ0v) is 17.4. The molecule has 1 saturated heterocycles. The zero-order valence-electron chi connectivity index (χ0n) is 17.4. The van der Waals surface area contributed by atoms with Crippen molar-refractivity contribution in [2.75, 3.05) is 33.3 Å². The van der Waals surface area contributed by atoms with Gasteiger partial charge in [-0.05, 0) is 31.2 Å². The first-order valence-electron chi connectivity index (χ1n) is 10.0. The molecule has 0 bridgehead atoms. The first-order chi connectivity index (χ1) is 15.0. The number of methoxy groups -OCH3 is 1. The second-order valence-electron chi connectivity index (χ2n) is 7.41. The van der Waals surface area contributed by atoms with E-state index in [1.54, 1.807) is 26.2 Å². The van der Waals surface area contributed by atoms with Crippen molar-refractivity contribution < 1.29 is 22.7 Å². The summed E-state index contributed by atoms with van der Waals surface area (Å²) in [5.74, 6) is -0.125. The van der Waals surface area contributed by atoms with Crippen molar-refractivity contribution in [3.8, 4) is 17.2 Å². The van der Waals surface area contributed by atoms with Gasteiger partial charge in [-0.1, -0.05) is 12.1 Å². The van der Waals surface area contributed by atoms with E-state index >= 15 is 0 Å². The molecular weight excluding hydrogens is 404 g/mol. The van der Waals surface area contributed by atoms with Crippen molar-refractivity contribution in [3.05, 3.63) is 71.1 Å². The molecule has 1 aliphatic heterocycles. The Balaban J connectivity index is 1.40. The van der Waals surface area contributed by atoms with E-state index in [1.807, 2.05) is 17.0 Å². The maximum Gasteiger partial charge on any atom is 0.257 e. The van der Waals surface area contributed by atoms with Crippen LogP contribution in [0.2, 0.25) is 0 Å². The van der Waals surface area contributed by atoms with Gasteiger partial charge in [0.25, 0.3) is 5.91 Å². The van der Waals surface area contributed by atoms with Crippen molar-refractivity contribution in [2.45, 2.75) is 13.5 Å². The highest BCUT2D eigenvalue weighted by atomic mass is 19.1. The fourth-order valence-corrected chi connectivity index (χ4v) is 3.67. The molecule has 1 fully saturated rings. The van der Waals surface area contributed by atoms with Gasteiger partial charge in [-0.2, -0.15) is 0 Å². The number of ether oxygens (including phenoxy) is 1. The Bertz CT molecular complexity index is 1090. The number of halogens is 2. The van der Waals surface area contributed by atoms with Crippen molar-refractivity contribution in [2.24, 2.45) is 0 Å². The van der Waals surface area contributed by atoms with Crippen LogP contribution in [-0.2, 0) is 6.54 Å². The predicted octanol–water partition coefficient (Wildman–Crippen LogP) is 3.89. The second kappa shape index (κ2) is 8.85. The van der Waals surface area contributed by atoms with E-state index in [2.05, 4.69) is 9.88 Å². The maximum atomic E-state index is 14.1. The fourth-order valence-electron chi connectivity index (χ4n) is 3.67. The predicted molar refractivity (Wildman–Crippen MR) is 111 cm³/mol. The summed E-state index contributed by atoms with van der Waals surface area (Å²) in [4.78, 5) is 21.3. The van der Waals surface area contributed by atoms with Crippen molar-refractivity contribution in [1.29, 1.82) is 0 Å². The molecule has 6 nitrogen and oxygen atoms in total. The van der Waals surface area contributed by atoms with Gasteiger partial charge >= 0.3 is 0 Å². The first-order valence-corrected chi connectivity index (χ1v) is 10.0. The summed E-state index contributed by atoms with van der Waals surface area (Å²) in [5, 5.41) is 0. The van der Waals surface area contributed by atoms with Crippen molar-refractivity contribution in [3.63, 3.8) is 0 Å². The number of oxazole rings is 1. The Hall–Kier alpha value is -3.26. The first kappa shape index (κ1) is 21.0. The highest BCUT2D eigenvalue weighted by Gasteiger charge is 2.25. The van der Waals surface area contributed by atoms with Crippen molar-refractivity contribution in [1.82, 2.24) is 14.8 Å². The SMILES string of the molecule is COc1ccccc1C(=O)N1CCN(Cc2nc(-c3ccc(F)cc3F)oc2C)CC1. The van der Waals surface area contributed by atoms with Gasteiger partial charge in [-0.3, -0.25) is 9.69 Å². The molecular formula is C23H23F2N3O3. The number of nitrogens with zero attached hydrogens (tertiary/aromatic N) is 3. The van der Waals surface area contributed by atoms with Gasteiger partial charge in [0.05, 0.1) is 23.9 Å². The molecule has 3 aromatic rings. The molecule has 162 valence electrons. The average molecular weight is 427 g/mol. The highest BCUT2D eigenvalue weighted by Crippen LogP contribution is 2.26. The smallest absolute Gasteiger partial charge is 0.257 e. The number of amides is 1. The summed E-state index contributed by atoms with van der Waals surface area (Å²) in [5.41, 5.74) is 1.38. The molecule has 0 atom stereocenters. The van der Waals surface area contributed by atoms with Crippen LogP contribution in [0.15, 0.2) is 46.9 Å². The lowest BCUT2D eigenvalue weighted by atomic mass is 10.1. The Morgan fingerprint density at radius 3 is 2.58 bits per heavy atom. The summed E-state index contributed by atoms with van der Waals surface area (Å²) < 4.78 is 38.1. The summed E-state index contributed by atoms with van der Waals surface area (Å²) in [6.45, 7) is 4.80. The molecule has 0 spiro atoms. The molecule has 1 aromatic heterocycles. The Morgan fingerprint density at radius 2 is 1.87 bits per heavy atom. The largest absolute Gasteiger partial charge is 0.496 e. The number of piperazine rings is 1. The van der Waals surface area contributed by atoms with Gasteiger partial charge < -0.3 is 14.1 Å². The van der Waals surface area contributed by atoms with Gasteiger partial charge in [0.1, 0.15) is 23.1 Å². The zero-order chi connectivity index (χ0) is 22.0. The van der Waals surface area contributed by atoms with Crippen LogP contribution in [0.4, 0.5) is 8.78 Å². The number of hydrogen-bond donors (Lipinski definition) is 0. The van der Waals surface area contributed by atoms with Gasteiger partial charge in [0.2, 0.25) is 5.89 Å². The van der Waals surface area contributed by atoms with Gasteiger partial charge in [-0.15, -0.1) is 0 Å². The highest BCUT2D eigenvalue weighted by molar-refractivity contribution is 5.97. The summed E-state index contributed by atoms with van der Waals surface area (Å²) in [6.07, 6.45) is 0. The van der Waals surface area contributed by atoms with Crippen molar-refractivity contribution >= 4 is 5.91 Å². The van der Waals surface area contributed by atoms with E-state index in [9.17, 15) is 13.6 Å². The topological polar surface area (TPSA) is 58.8 Å². The molecule has 31 heavy (non-hydrogen) atoms. The van der Waals surface area contributed by atoms with Crippen LogP contribution in [0, 0.1) is 18.6 Å². The van der Waals surface area contributed by atoms with E-state index in [-0.39, 0.29) is 17.4 Å². The molecule has 0 unspecified atom stereocenters. The Kier molecular flexibility index (Phi) is 5.99. The van der Waals surface area contributed by atoms with E-state index in [0.29, 0.717) is 55.5 Å². The normalized spacial score (nSPS) is 14.6. The van der Waals surface area contributed by atoms with Crippen LogP contribution < -0.4 is 4.74 Å². The molecule has 0 radical (unpaired) electrons. The molecule has 0 aliphatic carbocycles. The number of aromatic nitrogens is 1. The third-order valence-corrected chi connectivity index (χ3v) is 5.42. The van der Waals surface area contributed by atoms with Crippen LogP contribution >= 0.6 is 0 Å². The minimum atomic E-state index is -0.712. The molecule has 1 amide bonds. The lowest BCUT2D eigenvalue weighted by molar-refractivity contribution is 0.0623. The number of hydrogen-bond acceptors (Lipinski definition) is 5. The molecule has 0 saturated carbocycles. The van der Waals surface area contributed by atoms with E-state index in [4.69, 9.17) is 9.15 Å². The lowest BCUT2D eigenvalue weighted by Crippen LogP contribution is -2.48. The maximum absolute atomic E-state index is 14.1. The van der Waals surface area contributed by atoms with Gasteiger partial charge in [-0.25, -0.2) is 13.8 Å². The molecule has 2 heterocycles. The van der Waals surface area contributed by atoms with Gasteiger partial charge in [0.15, 0.2) is 0 Å². The number of para-hydroxylation sites is 1. The average Bonchev–Trinajstić information content (AvgIpc) is 3.13. The second-order valence-corrected chi connectivity index (χ2v) is 7.41. The molecule has 0 N–H and O–H groups in total. The van der Waals surface area contributed by atoms with Crippen LogP contribution in [0.5, 0.6) is 5.75 Å². The molecule has 8 heteroatoms. The number of carbonyl (C=O) groups is 1. The number of benzene rings is 2. The monoisotopic (exact) mass is 427 g/mol. The third kappa shape index (κ3) is 4.44.